The van der Waals surface area contributed by atoms with Crippen molar-refractivity contribution in [2.75, 3.05) is 0 Å². The molecule has 6 heteroatoms. The Bertz CT molecular complexity index is 1260. The SMILES string of the molecule is CC(C)(F)CC(=O)NC12CCC3C(C(=O)C=C4C5(C)C=C(C#N)C(=O)C(C)(C)C5CCC43C)C1CC(C)(C)CC2. The molecule has 0 aliphatic heterocycles. The van der Waals surface area contributed by atoms with Gasteiger partial charge in [-0.2, -0.15) is 5.26 Å². The van der Waals surface area contributed by atoms with Gasteiger partial charge in [0.2, 0.25) is 5.91 Å². The molecule has 0 spiro atoms. The lowest BCUT2D eigenvalue weighted by molar-refractivity contribution is -0.146. The van der Waals surface area contributed by atoms with Gasteiger partial charge in [-0.1, -0.05) is 53.2 Å². The van der Waals surface area contributed by atoms with Crippen molar-refractivity contribution in [3.05, 3.63) is 23.3 Å². The number of hydrogen-bond acceptors (Lipinski definition) is 4. The maximum Gasteiger partial charge on any atom is 0.223 e. The first-order valence-electron chi connectivity index (χ1n) is 15.2. The molecule has 7 atom stereocenters. The lowest BCUT2D eigenvalue weighted by Gasteiger charge is -2.65. The highest BCUT2D eigenvalue weighted by atomic mass is 19.1. The number of rotatable bonds is 3. The second-order valence-corrected chi connectivity index (χ2v) is 16.2. The largest absolute Gasteiger partial charge is 0.350 e. The summed E-state index contributed by atoms with van der Waals surface area (Å²) in [5.41, 5.74) is -2.21. The molecule has 0 aromatic heterocycles. The number of hydrogen-bond donors (Lipinski definition) is 1. The van der Waals surface area contributed by atoms with Crippen LogP contribution in [0.25, 0.3) is 0 Å². The first kappa shape index (κ1) is 29.2. The monoisotopic (exact) mass is 550 g/mol. The second-order valence-electron chi connectivity index (χ2n) is 16.2. The van der Waals surface area contributed by atoms with Crippen LogP contribution in [0.2, 0.25) is 0 Å². The number of Topliss-reactive ketones (excluding diaryl/α,β-unsaturated/α-hetero) is 1. The van der Waals surface area contributed by atoms with Crippen LogP contribution < -0.4 is 5.32 Å². The molecular weight excluding hydrogens is 503 g/mol. The smallest absolute Gasteiger partial charge is 0.223 e. The van der Waals surface area contributed by atoms with E-state index in [1.807, 2.05) is 26.0 Å². The molecule has 3 fully saturated rings. The van der Waals surface area contributed by atoms with Crippen LogP contribution in [0.1, 0.15) is 107 Å². The minimum absolute atomic E-state index is 0.0103. The highest BCUT2D eigenvalue weighted by Gasteiger charge is 2.66. The number of fused-ring (bicyclic) bond motifs is 7. The number of nitrogens with zero attached hydrogens (tertiary/aromatic N) is 1. The van der Waals surface area contributed by atoms with Crippen molar-refractivity contribution in [1.29, 1.82) is 5.26 Å². The first-order valence-corrected chi connectivity index (χ1v) is 15.2. The van der Waals surface area contributed by atoms with E-state index in [9.17, 15) is 24.0 Å². The Morgan fingerprint density at radius 3 is 2.35 bits per heavy atom. The van der Waals surface area contributed by atoms with Gasteiger partial charge in [-0.15, -0.1) is 0 Å². The van der Waals surface area contributed by atoms with Gasteiger partial charge in [0.05, 0.1) is 12.0 Å². The second kappa shape index (κ2) is 8.85. The zero-order chi connectivity index (χ0) is 29.7. The zero-order valence-electron chi connectivity index (χ0n) is 25.7. The van der Waals surface area contributed by atoms with Crippen LogP contribution in [0.4, 0.5) is 4.39 Å². The number of nitrogens with one attached hydrogen (secondary N) is 1. The number of ketones is 2. The summed E-state index contributed by atoms with van der Waals surface area (Å²) in [5.74, 6) is -0.319. The summed E-state index contributed by atoms with van der Waals surface area (Å²) >= 11 is 0. The summed E-state index contributed by atoms with van der Waals surface area (Å²) in [6, 6.07) is 2.16. The molecule has 1 amide bonds. The molecule has 5 rings (SSSR count). The quantitative estimate of drug-likeness (QED) is 0.418. The van der Waals surface area contributed by atoms with Crippen molar-refractivity contribution in [2.24, 2.45) is 45.3 Å². The molecule has 5 aliphatic carbocycles. The molecule has 7 unspecified atom stereocenters. The predicted molar refractivity (Wildman–Crippen MR) is 153 cm³/mol. The Labute approximate surface area is 239 Å². The lowest BCUT2D eigenvalue weighted by atomic mass is 9.39. The molecule has 1 N–H and O–H groups in total. The van der Waals surface area contributed by atoms with Gasteiger partial charge in [0, 0.05) is 22.3 Å². The summed E-state index contributed by atoms with van der Waals surface area (Å²) in [6.45, 7) is 15.7. The van der Waals surface area contributed by atoms with Gasteiger partial charge in [0.15, 0.2) is 11.6 Å². The summed E-state index contributed by atoms with van der Waals surface area (Å²) in [6.07, 6.45) is 9.53. The third-order valence-corrected chi connectivity index (χ3v) is 12.0. The van der Waals surface area contributed by atoms with Crippen molar-refractivity contribution in [1.82, 2.24) is 5.32 Å². The van der Waals surface area contributed by atoms with E-state index < -0.39 is 22.0 Å². The molecule has 0 radical (unpaired) electrons. The predicted octanol–water partition coefficient (Wildman–Crippen LogP) is 6.82. The number of alkyl halides is 1. The van der Waals surface area contributed by atoms with Crippen molar-refractivity contribution >= 4 is 17.5 Å². The molecule has 0 aromatic carbocycles. The third kappa shape index (κ3) is 4.24. The van der Waals surface area contributed by atoms with Gasteiger partial charge in [-0.05, 0) is 93.5 Å². The van der Waals surface area contributed by atoms with Gasteiger partial charge in [0.25, 0.3) is 0 Å². The zero-order valence-corrected chi connectivity index (χ0v) is 25.7. The Balaban J connectivity index is 1.59. The van der Waals surface area contributed by atoms with Gasteiger partial charge in [-0.25, -0.2) is 4.39 Å². The molecular formula is C34H47FN2O3. The van der Waals surface area contributed by atoms with Crippen LogP contribution >= 0.6 is 0 Å². The summed E-state index contributed by atoms with van der Waals surface area (Å²) < 4.78 is 14.4. The van der Waals surface area contributed by atoms with E-state index in [4.69, 9.17) is 0 Å². The van der Waals surface area contributed by atoms with E-state index in [0.29, 0.717) is 0 Å². The first-order chi connectivity index (χ1) is 18.3. The highest BCUT2D eigenvalue weighted by molar-refractivity contribution is 6.04. The molecule has 3 saturated carbocycles. The van der Waals surface area contributed by atoms with E-state index in [2.05, 4.69) is 39.1 Å². The standard InChI is InChI=1S/C34H47FN2O3/c1-29(2)13-14-34(37-26(39)18-30(3,4)35)12-9-21-27(22(34)17-29)23(38)15-25-32(21,7)11-10-24-31(5,6)28(40)20(19-36)16-33(24,25)8/h15-16,21-22,24,27H,9-14,17-18H2,1-8H3,(H,37,39). The van der Waals surface area contributed by atoms with Crippen molar-refractivity contribution in [3.63, 3.8) is 0 Å². The Morgan fingerprint density at radius 2 is 1.73 bits per heavy atom. The van der Waals surface area contributed by atoms with Crippen molar-refractivity contribution in [3.8, 4) is 6.07 Å². The molecule has 5 nitrogen and oxygen atoms in total. The average Bonchev–Trinajstić information content (AvgIpc) is 2.81. The van der Waals surface area contributed by atoms with Gasteiger partial charge in [0.1, 0.15) is 11.7 Å². The van der Waals surface area contributed by atoms with E-state index in [-0.39, 0.29) is 64.0 Å². The van der Waals surface area contributed by atoms with Crippen LogP contribution in [0.3, 0.4) is 0 Å². The number of allylic oxidation sites excluding steroid dienone is 4. The topological polar surface area (TPSA) is 87.0 Å². The van der Waals surface area contributed by atoms with Crippen LogP contribution in [0.15, 0.2) is 23.3 Å². The molecule has 0 heterocycles. The maximum atomic E-state index is 14.4. The van der Waals surface area contributed by atoms with Gasteiger partial charge in [-0.3, -0.25) is 14.4 Å². The summed E-state index contributed by atoms with van der Waals surface area (Å²) in [7, 11) is 0. The van der Waals surface area contributed by atoms with E-state index in [1.54, 1.807) is 0 Å². The van der Waals surface area contributed by atoms with Crippen LogP contribution in [0, 0.1) is 56.7 Å². The van der Waals surface area contributed by atoms with Crippen molar-refractivity contribution < 1.29 is 18.8 Å². The minimum atomic E-state index is -1.59. The van der Waals surface area contributed by atoms with Gasteiger partial charge < -0.3 is 5.32 Å². The Morgan fingerprint density at radius 1 is 1.05 bits per heavy atom. The van der Waals surface area contributed by atoms with Crippen LogP contribution in [0.5, 0.6) is 0 Å². The fourth-order valence-corrected chi connectivity index (χ4v) is 10.2. The highest BCUT2D eigenvalue weighted by Crippen LogP contribution is 2.69. The number of carbonyl (C=O) groups is 3. The van der Waals surface area contributed by atoms with Crippen molar-refractivity contribution in [2.45, 2.75) is 118 Å². The molecule has 5 aliphatic rings. The fraction of sp³-hybridized carbons (Fsp3) is 0.765. The Hall–Kier alpha value is -2.29. The maximum absolute atomic E-state index is 14.4. The number of carbonyl (C=O) groups excluding carboxylic acids is 3. The van der Waals surface area contributed by atoms with E-state index in [0.717, 1.165) is 50.5 Å². The molecule has 0 saturated heterocycles. The Kier molecular flexibility index (Phi) is 6.47. The molecule has 0 bridgehead atoms. The molecule has 40 heavy (non-hydrogen) atoms. The lowest BCUT2D eigenvalue weighted by Crippen LogP contribution is -2.66. The molecule has 218 valence electrons. The average molecular weight is 551 g/mol. The minimum Gasteiger partial charge on any atom is -0.350 e. The van der Waals surface area contributed by atoms with Crippen LogP contribution in [-0.2, 0) is 14.4 Å². The fourth-order valence-electron chi connectivity index (χ4n) is 10.2. The van der Waals surface area contributed by atoms with Gasteiger partial charge >= 0.3 is 0 Å². The van der Waals surface area contributed by atoms with E-state index in [1.165, 1.54) is 13.8 Å². The number of nitriles is 1. The normalized spacial score (nSPS) is 41.7. The third-order valence-electron chi connectivity index (χ3n) is 12.0. The number of amides is 1. The van der Waals surface area contributed by atoms with Crippen LogP contribution in [-0.4, -0.2) is 28.7 Å². The molecule has 0 aromatic rings. The van der Waals surface area contributed by atoms with E-state index >= 15 is 0 Å². The summed E-state index contributed by atoms with van der Waals surface area (Å²) in [5, 5.41) is 13.2. The summed E-state index contributed by atoms with van der Waals surface area (Å²) in [4.78, 5) is 40.6. The number of halogens is 1.